The molecule has 1 aliphatic heterocycles. The van der Waals surface area contributed by atoms with Gasteiger partial charge in [0.05, 0.1) is 7.11 Å². The fourth-order valence-electron chi connectivity index (χ4n) is 2.32. The summed E-state index contributed by atoms with van der Waals surface area (Å²) >= 11 is 0. The molecule has 3 N–H and O–H groups in total. The third kappa shape index (κ3) is 11.4. The zero-order valence-electron chi connectivity index (χ0n) is 16.8. The summed E-state index contributed by atoms with van der Waals surface area (Å²) in [6.07, 6.45) is -8.26. The highest BCUT2D eigenvalue weighted by Gasteiger charge is 2.38. The molecule has 1 fully saturated rings. The SMILES string of the molecule is COc1ccc(CN2[C@H](C)CNC[C@@H]2C)cn1.O=C(O)C(F)(F)F.O=C(O)C(F)(F)F. The van der Waals surface area contributed by atoms with Gasteiger partial charge in [-0.2, -0.15) is 26.3 Å². The first-order valence-electron chi connectivity index (χ1n) is 8.65. The van der Waals surface area contributed by atoms with E-state index in [9.17, 15) is 26.3 Å². The number of aromatic nitrogens is 1. The Bertz CT molecular complexity index is 663. The molecule has 1 aromatic heterocycles. The topological polar surface area (TPSA) is 112 Å². The van der Waals surface area contributed by atoms with Gasteiger partial charge < -0.3 is 20.3 Å². The molecule has 1 aliphatic rings. The van der Waals surface area contributed by atoms with Gasteiger partial charge >= 0.3 is 24.3 Å². The lowest BCUT2D eigenvalue weighted by Crippen LogP contribution is -2.54. The zero-order chi connectivity index (χ0) is 24.4. The molecular weight excluding hydrogens is 440 g/mol. The second kappa shape index (κ2) is 12.3. The quantitative estimate of drug-likeness (QED) is 0.587. The number of ether oxygens (including phenoxy) is 1. The molecule has 0 amide bonds. The van der Waals surface area contributed by atoms with Crippen LogP contribution in [0.5, 0.6) is 5.88 Å². The molecule has 1 aromatic rings. The Morgan fingerprint density at radius 1 is 1.06 bits per heavy atom. The Hall–Kier alpha value is -2.61. The highest BCUT2D eigenvalue weighted by molar-refractivity contribution is 5.73. The molecule has 0 saturated carbocycles. The van der Waals surface area contributed by atoms with E-state index in [4.69, 9.17) is 24.5 Å². The third-order valence-corrected chi connectivity index (χ3v) is 3.87. The summed E-state index contributed by atoms with van der Waals surface area (Å²) in [6.45, 7) is 7.61. The van der Waals surface area contributed by atoms with Gasteiger partial charge in [-0.25, -0.2) is 14.6 Å². The second-order valence-electron chi connectivity index (χ2n) is 6.34. The van der Waals surface area contributed by atoms with Crippen molar-refractivity contribution in [1.29, 1.82) is 0 Å². The summed E-state index contributed by atoms with van der Waals surface area (Å²) in [6, 6.07) is 5.15. The maximum atomic E-state index is 10.6. The molecule has 178 valence electrons. The predicted molar refractivity (Wildman–Crippen MR) is 95.5 cm³/mol. The Balaban J connectivity index is 0.000000536. The predicted octanol–water partition coefficient (Wildman–Crippen LogP) is 2.54. The third-order valence-electron chi connectivity index (χ3n) is 3.87. The average molecular weight is 463 g/mol. The summed E-state index contributed by atoms with van der Waals surface area (Å²) in [5, 5.41) is 17.7. The standard InChI is InChI=1S/C13H21N3O.2C2HF3O2/c1-10-6-14-7-11(2)16(10)9-12-4-5-13(17-3)15-8-12;2*3-2(4,5)1(6)7/h4-5,8,10-11,14H,6-7,9H2,1-3H3;2*(H,6,7)/t10-,11+;;. The van der Waals surface area contributed by atoms with Gasteiger partial charge in [0.15, 0.2) is 0 Å². The van der Waals surface area contributed by atoms with Crippen LogP contribution >= 0.6 is 0 Å². The van der Waals surface area contributed by atoms with Crippen LogP contribution in [0, 0.1) is 0 Å². The first-order valence-corrected chi connectivity index (χ1v) is 8.65. The highest BCUT2D eigenvalue weighted by atomic mass is 19.4. The molecule has 0 unspecified atom stereocenters. The number of aliphatic carboxylic acids is 2. The van der Waals surface area contributed by atoms with Crippen LogP contribution in [0.15, 0.2) is 18.3 Å². The van der Waals surface area contributed by atoms with Crippen LogP contribution in [0.2, 0.25) is 0 Å². The largest absolute Gasteiger partial charge is 0.490 e. The summed E-state index contributed by atoms with van der Waals surface area (Å²) in [7, 11) is 1.64. The van der Waals surface area contributed by atoms with Gasteiger partial charge in [0.2, 0.25) is 5.88 Å². The number of halogens is 6. The van der Waals surface area contributed by atoms with E-state index in [1.165, 1.54) is 5.56 Å². The molecule has 0 aromatic carbocycles. The number of nitrogens with one attached hydrogen (secondary N) is 1. The second-order valence-corrected chi connectivity index (χ2v) is 6.34. The van der Waals surface area contributed by atoms with Crippen LogP contribution in [0.1, 0.15) is 19.4 Å². The summed E-state index contributed by atoms with van der Waals surface area (Å²) in [5.41, 5.74) is 1.24. The molecule has 8 nitrogen and oxygen atoms in total. The van der Waals surface area contributed by atoms with Crippen molar-refractivity contribution < 1.29 is 50.9 Å². The molecular formula is C17H23F6N3O5. The van der Waals surface area contributed by atoms with E-state index in [0.717, 1.165) is 19.6 Å². The van der Waals surface area contributed by atoms with Gasteiger partial charge in [0.25, 0.3) is 0 Å². The van der Waals surface area contributed by atoms with Gasteiger partial charge in [0.1, 0.15) is 0 Å². The van der Waals surface area contributed by atoms with E-state index < -0.39 is 24.3 Å². The minimum atomic E-state index is -5.08. The van der Waals surface area contributed by atoms with E-state index >= 15 is 0 Å². The molecule has 2 atom stereocenters. The molecule has 0 aliphatic carbocycles. The van der Waals surface area contributed by atoms with Gasteiger partial charge in [-0.3, -0.25) is 4.90 Å². The van der Waals surface area contributed by atoms with Crippen LogP contribution in [0.4, 0.5) is 26.3 Å². The Morgan fingerprint density at radius 3 is 1.77 bits per heavy atom. The number of nitrogens with zero attached hydrogens (tertiary/aromatic N) is 2. The summed E-state index contributed by atoms with van der Waals surface area (Å²) in [5.74, 6) is -4.84. The maximum absolute atomic E-state index is 10.6. The highest BCUT2D eigenvalue weighted by Crippen LogP contribution is 2.16. The number of hydrogen-bond acceptors (Lipinski definition) is 6. The van der Waals surface area contributed by atoms with E-state index in [-0.39, 0.29) is 0 Å². The number of piperazine rings is 1. The number of rotatable bonds is 3. The normalized spacial score (nSPS) is 19.3. The lowest BCUT2D eigenvalue weighted by Gasteiger charge is -2.39. The molecule has 0 spiro atoms. The molecule has 14 heteroatoms. The minimum absolute atomic E-state index is 0.570. The lowest BCUT2D eigenvalue weighted by atomic mass is 10.1. The minimum Gasteiger partial charge on any atom is -0.481 e. The number of carbonyl (C=O) groups is 2. The van der Waals surface area contributed by atoms with E-state index in [1.807, 2.05) is 12.3 Å². The number of pyridine rings is 1. The van der Waals surface area contributed by atoms with Crippen molar-refractivity contribution in [2.45, 2.75) is 44.8 Å². The summed E-state index contributed by atoms with van der Waals surface area (Å²) in [4.78, 5) is 24.6. The fraction of sp³-hybridized carbons (Fsp3) is 0.588. The van der Waals surface area contributed by atoms with Crippen molar-refractivity contribution in [3.05, 3.63) is 23.9 Å². The Morgan fingerprint density at radius 2 is 1.48 bits per heavy atom. The number of methoxy groups -OCH3 is 1. The number of hydrogen-bond donors (Lipinski definition) is 3. The smallest absolute Gasteiger partial charge is 0.481 e. The van der Waals surface area contributed by atoms with Gasteiger partial charge in [-0.15, -0.1) is 0 Å². The molecule has 2 heterocycles. The fourth-order valence-corrected chi connectivity index (χ4v) is 2.32. The first kappa shape index (κ1) is 28.4. The van der Waals surface area contributed by atoms with Crippen molar-refractivity contribution in [2.24, 2.45) is 0 Å². The van der Waals surface area contributed by atoms with E-state index in [0.29, 0.717) is 18.0 Å². The molecule has 0 radical (unpaired) electrons. The van der Waals surface area contributed by atoms with Crippen molar-refractivity contribution in [1.82, 2.24) is 15.2 Å². The Labute approximate surface area is 173 Å². The zero-order valence-corrected chi connectivity index (χ0v) is 16.8. The van der Waals surface area contributed by atoms with Crippen LogP contribution in [0.3, 0.4) is 0 Å². The van der Waals surface area contributed by atoms with Crippen molar-refractivity contribution in [3.8, 4) is 5.88 Å². The number of carboxylic acid groups (broad SMARTS) is 2. The number of carboxylic acids is 2. The molecule has 1 saturated heterocycles. The van der Waals surface area contributed by atoms with Crippen LogP contribution in [0.25, 0.3) is 0 Å². The molecule has 0 bridgehead atoms. The average Bonchev–Trinajstić information content (AvgIpc) is 2.65. The monoisotopic (exact) mass is 463 g/mol. The van der Waals surface area contributed by atoms with E-state index in [2.05, 4.69) is 35.1 Å². The van der Waals surface area contributed by atoms with Crippen LogP contribution < -0.4 is 10.1 Å². The first-order chi connectivity index (χ1) is 14.1. The van der Waals surface area contributed by atoms with Gasteiger partial charge in [0, 0.05) is 44.0 Å². The lowest BCUT2D eigenvalue weighted by molar-refractivity contribution is -0.193. The van der Waals surface area contributed by atoms with Crippen LogP contribution in [-0.4, -0.2) is 76.7 Å². The van der Waals surface area contributed by atoms with E-state index in [1.54, 1.807) is 7.11 Å². The summed E-state index contributed by atoms with van der Waals surface area (Å²) < 4.78 is 68.5. The van der Waals surface area contributed by atoms with Gasteiger partial charge in [-0.1, -0.05) is 6.07 Å². The van der Waals surface area contributed by atoms with Crippen molar-refractivity contribution >= 4 is 11.9 Å². The molecule has 2 rings (SSSR count). The molecule has 31 heavy (non-hydrogen) atoms. The maximum Gasteiger partial charge on any atom is 0.490 e. The van der Waals surface area contributed by atoms with Crippen LogP contribution in [-0.2, 0) is 16.1 Å². The van der Waals surface area contributed by atoms with Crippen molar-refractivity contribution in [2.75, 3.05) is 20.2 Å². The van der Waals surface area contributed by atoms with Gasteiger partial charge in [-0.05, 0) is 19.4 Å². The number of alkyl halides is 6. The van der Waals surface area contributed by atoms with Crippen molar-refractivity contribution in [3.63, 3.8) is 0 Å². The Kier molecular flexibility index (Phi) is 11.3.